The van der Waals surface area contributed by atoms with Crippen molar-refractivity contribution >= 4 is 68.6 Å². The predicted octanol–water partition coefficient (Wildman–Crippen LogP) is 7.95. The van der Waals surface area contributed by atoms with E-state index in [0.29, 0.717) is 6.42 Å². The molecular weight excluding hydrogens is 1010 g/mol. The maximum atomic E-state index is 15.3. The van der Waals surface area contributed by atoms with Crippen LogP contribution in [0.3, 0.4) is 0 Å². The number of amides is 5. The molecule has 0 aliphatic carbocycles. The van der Waals surface area contributed by atoms with Crippen LogP contribution in [0.1, 0.15) is 122 Å². The zero-order valence-corrected chi connectivity index (χ0v) is 48.7. The number of hydrogen-bond donors (Lipinski definition) is 4. The van der Waals surface area contributed by atoms with Crippen LogP contribution in [0.2, 0.25) is 0 Å². The number of likely N-dealkylation sites (N-methyl/N-ethyl adjacent to an activating group) is 1. The zero-order valence-electron chi connectivity index (χ0n) is 48.7. The second kappa shape index (κ2) is 25.5. The van der Waals surface area contributed by atoms with E-state index in [1.165, 1.54) is 18.9 Å². The molecule has 9 atom stereocenters. The van der Waals surface area contributed by atoms with Gasteiger partial charge in [0.15, 0.2) is 5.78 Å². The fourth-order valence-corrected chi connectivity index (χ4v) is 11.1. The van der Waals surface area contributed by atoms with Gasteiger partial charge >= 0.3 is 5.97 Å². The average molecular weight is 1090 g/mol. The van der Waals surface area contributed by atoms with Crippen LogP contribution in [-0.4, -0.2) is 114 Å². The van der Waals surface area contributed by atoms with Gasteiger partial charge in [0, 0.05) is 50.1 Å². The van der Waals surface area contributed by atoms with E-state index in [2.05, 4.69) is 21.3 Å². The van der Waals surface area contributed by atoms with Crippen LogP contribution >= 0.6 is 0 Å². The summed E-state index contributed by atoms with van der Waals surface area (Å²) < 4.78 is 5.22. The Labute approximate surface area is 471 Å². The second-order valence-electron chi connectivity index (χ2n) is 24.4. The summed E-state index contributed by atoms with van der Waals surface area (Å²) in [4.78, 5) is 117. The van der Waals surface area contributed by atoms with E-state index in [1.54, 1.807) is 25.8 Å². The quantitative estimate of drug-likeness (QED) is 0.0555. The molecule has 15 heteroatoms. The first-order chi connectivity index (χ1) is 37.8. The monoisotopic (exact) mass is 1090 g/mol. The van der Waals surface area contributed by atoms with Gasteiger partial charge in [0.1, 0.15) is 30.0 Å². The highest BCUT2D eigenvalue weighted by atomic mass is 16.5. The Morgan fingerprint density at radius 2 is 1.21 bits per heavy atom. The third-order valence-corrected chi connectivity index (χ3v) is 16.5. The lowest BCUT2D eigenvalue weighted by Gasteiger charge is -2.41. The molecule has 2 aliphatic rings. The summed E-state index contributed by atoms with van der Waals surface area (Å²) in [5, 5.41) is 16.0. The molecule has 3 unspecified atom stereocenters. The highest BCUT2D eigenvalue weighted by Gasteiger charge is 2.47. The van der Waals surface area contributed by atoms with E-state index in [9.17, 15) is 28.8 Å². The number of methoxy groups -OCH3 is 1. The van der Waals surface area contributed by atoms with Crippen molar-refractivity contribution in [2.24, 2.45) is 22.7 Å². The van der Waals surface area contributed by atoms with E-state index >= 15 is 9.59 Å². The molecule has 5 aromatic rings. The van der Waals surface area contributed by atoms with Gasteiger partial charge in [-0.05, 0) is 100 Å². The van der Waals surface area contributed by atoms with Gasteiger partial charge in [-0.25, -0.2) is 4.79 Å². The van der Waals surface area contributed by atoms with Crippen molar-refractivity contribution < 1.29 is 43.1 Å². The summed E-state index contributed by atoms with van der Waals surface area (Å²) in [5.74, 6) is -4.74. The van der Waals surface area contributed by atoms with E-state index < -0.39 is 82.6 Å². The number of ketones is 2. The van der Waals surface area contributed by atoms with Gasteiger partial charge in [-0.15, -0.1) is 0 Å². The van der Waals surface area contributed by atoms with Crippen LogP contribution in [0.15, 0.2) is 103 Å². The van der Waals surface area contributed by atoms with Crippen LogP contribution in [0.4, 0.5) is 0 Å². The molecule has 7 rings (SSSR count). The van der Waals surface area contributed by atoms with Crippen LogP contribution < -0.4 is 21.3 Å². The minimum absolute atomic E-state index is 0.0361. The fourth-order valence-electron chi connectivity index (χ4n) is 11.1. The third kappa shape index (κ3) is 14.2. The maximum Gasteiger partial charge on any atom is 0.328 e. The fraction of sp³-hybridized carbons (Fsp3) is 0.477. The third-order valence-electron chi connectivity index (χ3n) is 16.5. The zero-order chi connectivity index (χ0) is 58.4. The highest BCUT2D eigenvalue weighted by Crippen LogP contribution is 2.40. The molecule has 5 aromatic carbocycles. The van der Waals surface area contributed by atoms with Gasteiger partial charge in [0.05, 0.1) is 19.2 Å². The Morgan fingerprint density at radius 1 is 0.650 bits per heavy atom. The van der Waals surface area contributed by atoms with Gasteiger partial charge < -0.3 is 35.8 Å². The van der Waals surface area contributed by atoms with E-state index in [-0.39, 0.29) is 74.5 Å². The largest absolute Gasteiger partial charge is 0.467 e. The molecule has 1 saturated heterocycles. The molecule has 0 spiro atoms. The van der Waals surface area contributed by atoms with Gasteiger partial charge in [-0.1, -0.05) is 159 Å². The first-order valence-corrected chi connectivity index (χ1v) is 28.2. The van der Waals surface area contributed by atoms with Gasteiger partial charge in [0.2, 0.25) is 29.5 Å². The summed E-state index contributed by atoms with van der Waals surface area (Å²) in [5.41, 5.74) is 2.50. The normalized spacial score (nSPS) is 18.7. The Kier molecular flexibility index (Phi) is 19.2. The van der Waals surface area contributed by atoms with E-state index in [1.807, 2.05) is 152 Å². The van der Waals surface area contributed by atoms with Crippen LogP contribution in [0.25, 0.3) is 21.5 Å². The van der Waals surface area contributed by atoms with E-state index in [4.69, 9.17) is 4.74 Å². The van der Waals surface area contributed by atoms with Crippen LogP contribution in [-0.2, 0) is 68.9 Å². The number of rotatable bonds is 20. The molecule has 4 N–H and O–H groups in total. The first kappa shape index (κ1) is 60.4. The Morgan fingerprint density at radius 3 is 1.75 bits per heavy atom. The molecule has 0 saturated carbocycles. The maximum absolute atomic E-state index is 15.3. The van der Waals surface area contributed by atoms with Gasteiger partial charge in [-0.2, -0.15) is 0 Å². The molecule has 0 aromatic heterocycles. The van der Waals surface area contributed by atoms with E-state index in [0.717, 1.165) is 49.4 Å². The Balaban J connectivity index is 1.23. The number of nitrogens with one attached hydrogen (secondary N) is 4. The molecular formula is C65H82N6O9. The lowest BCUT2D eigenvalue weighted by atomic mass is 9.76. The molecule has 0 radical (unpaired) electrons. The number of esters is 1. The number of Topliss-reactive ketones (excluding diaryl/α,β-unsaturated/α-hetero) is 2. The van der Waals surface area contributed by atoms with Crippen molar-refractivity contribution in [1.29, 1.82) is 0 Å². The number of carbonyl (C=O) groups is 8. The number of ether oxygens (including phenoxy) is 1. The number of hydrogen-bond acceptors (Lipinski definition) is 10. The van der Waals surface area contributed by atoms with Crippen molar-refractivity contribution in [2.45, 2.75) is 156 Å². The number of likely N-dealkylation sites (tertiary alicyclic amines) is 1. The average Bonchev–Trinajstić information content (AvgIpc) is 4.03. The van der Waals surface area contributed by atoms with Crippen LogP contribution in [0, 0.1) is 22.7 Å². The Bertz CT molecular complexity index is 3140. The minimum Gasteiger partial charge on any atom is -0.467 e. The van der Waals surface area contributed by atoms with Crippen molar-refractivity contribution in [3.05, 3.63) is 131 Å². The lowest BCUT2D eigenvalue weighted by molar-refractivity contribution is -0.149. The molecule has 2 aliphatic heterocycles. The summed E-state index contributed by atoms with van der Waals surface area (Å²) in [7, 11) is 2.96. The molecule has 15 nitrogen and oxygen atoms in total. The first-order valence-electron chi connectivity index (χ1n) is 28.2. The van der Waals surface area contributed by atoms with Crippen LogP contribution in [0.5, 0.6) is 0 Å². The number of nitrogens with zero attached hydrogens (tertiary/aromatic N) is 2. The lowest BCUT2D eigenvalue weighted by Crippen LogP contribution is -2.62. The SMILES string of the molecule is CC[C@@H](C)C(=O)N[C@H](C(=O)N1Cc2cc(C3C[C@@H](C(=O)NC(Cc4ccc5ccccc5c4)C(C)=O)N(C(=O)[C@@H](CC(=O)[C@H](C)NC)C(C)(C)C)C3)ccc2C[C@H]1C(=O)NC(Cc1ccc2ccccc2c1)C(=O)OC)C(C)(C)C. The number of carbonyl (C=O) groups excluding carboxylic acids is 8. The molecule has 80 heavy (non-hydrogen) atoms. The predicted molar refractivity (Wildman–Crippen MR) is 311 cm³/mol. The van der Waals surface area contributed by atoms with Crippen molar-refractivity contribution in [2.75, 3.05) is 20.7 Å². The molecule has 2 heterocycles. The van der Waals surface area contributed by atoms with Gasteiger partial charge in [-0.3, -0.25) is 33.6 Å². The Hall–Kier alpha value is -7.26. The standard InChI is InChI=1S/C65H82N6O9/c1-13-38(2)58(74)69-57(65(8,9)10)62(78)71-36-49-32-47(26-27-48(49)33-54(71)60(76)68-53(63(79)80-12)31-42-23-25-44-19-15-17-21-46(44)29-42)50-34-55(70(37-50)61(77)51(64(5,6)7)35-56(73)39(3)66-11)59(75)67-52(40(4)72)30-41-22-24-43-18-14-16-20-45(43)28-41/h14-29,32,38-39,50-55,57,66H,13,30-31,33-37H2,1-12H3,(H,67,75)(H,68,76)(H,69,74)/t38-,39+,50?,51-,52?,53?,54+,55+,57-/m1/s1. The smallest absolute Gasteiger partial charge is 0.328 e. The minimum atomic E-state index is -1.10. The van der Waals surface area contributed by atoms with Gasteiger partial charge in [0.25, 0.3) is 0 Å². The topological polar surface area (TPSA) is 200 Å². The highest BCUT2D eigenvalue weighted by molar-refractivity contribution is 5.97. The summed E-state index contributed by atoms with van der Waals surface area (Å²) in [6.07, 6.45) is 1.13. The number of fused-ring (bicyclic) bond motifs is 3. The summed E-state index contributed by atoms with van der Waals surface area (Å²) in [6.45, 7) is 18.3. The summed E-state index contributed by atoms with van der Waals surface area (Å²) >= 11 is 0. The van der Waals surface area contributed by atoms with Crippen molar-refractivity contribution in [3.8, 4) is 0 Å². The molecule has 0 bridgehead atoms. The number of benzene rings is 5. The molecule has 1 fully saturated rings. The second-order valence-corrected chi connectivity index (χ2v) is 24.4. The van der Waals surface area contributed by atoms with Crippen molar-refractivity contribution in [3.63, 3.8) is 0 Å². The molecule has 426 valence electrons. The molecule has 5 amide bonds. The summed E-state index contributed by atoms with van der Waals surface area (Å²) in [6, 6.07) is 27.7. The van der Waals surface area contributed by atoms with Crippen molar-refractivity contribution in [1.82, 2.24) is 31.1 Å².